The highest BCUT2D eigenvalue weighted by Gasteiger charge is 2.22. The van der Waals surface area contributed by atoms with Crippen molar-refractivity contribution in [3.8, 4) is 0 Å². The second-order valence-corrected chi connectivity index (χ2v) is 5.22. The van der Waals surface area contributed by atoms with Gasteiger partial charge in [-0.1, -0.05) is 39.5 Å². The molecule has 3 heteroatoms. The monoisotopic (exact) mass is 245 g/mol. The molecule has 104 valence electrons. The maximum atomic E-state index is 9.33. The molecule has 0 saturated heterocycles. The molecule has 2 atom stereocenters. The van der Waals surface area contributed by atoms with E-state index in [0.29, 0.717) is 6.61 Å². The molecule has 0 amide bonds. The topological polar surface area (TPSA) is 41.5 Å². The first kappa shape index (κ1) is 16.9. The molecule has 2 unspecified atom stereocenters. The Morgan fingerprint density at radius 2 is 1.94 bits per heavy atom. The number of likely N-dealkylation sites (N-methyl/N-ethyl adjacent to an activating group) is 1. The average Bonchev–Trinajstić information content (AvgIpc) is 2.32. The number of hydrogen-bond donors (Lipinski definition) is 2. The lowest BCUT2D eigenvalue weighted by Gasteiger charge is -2.29. The molecule has 2 N–H and O–H groups in total. The largest absolute Gasteiger partial charge is 0.394 e. The smallest absolute Gasteiger partial charge is 0.0671 e. The highest BCUT2D eigenvalue weighted by atomic mass is 16.5. The van der Waals surface area contributed by atoms with Gasteiger partial charge < -0.3 is 15.2 Å². The van der Waals surface area contributed by atoms with Crippen molar-refractivity contribution in [2.24, 2.45) is 0 Å². The van der Waals surface area contributed by atoms with Crippen LogP contribution in [0.1, 0.15) is 59.8 Å². The van der Waals surface area contributed by atoms with Gasteiger partial charge in [-0.25, -0.2) is 0 Å². The van der Waals surface area contributed by atoms with Gasteiger partial charge in [0, 0.05) is 0 Å². The molecular weight excluding hydrogens is 214 g/mol. The number of ether oxygens (including phenoxy) is 1. The van der Waals surface area contributed by atoms with E-state index in [-0.39, 0.29) is 18.2 Å². The number of rotatable bonds is 11. The SMILES string of the molecule is CCCCCCC(C)OCC(C)(CO)NCC. The lowest BCUT2D eigenvalue weighted by Crippen LogP contribution is -2.50. The zero-order chi connectivity index (χ0) is 13.1. The van der Waals surface area contributed by atoms with Crippen LogP contribution in [0.5, 0.6) is 0 Å². The van der Waals surface area contributed by atoms with E-state index in [2.05, 4.69) is 19.2 Å². The van der Waals surface area contributed by atoms with Crippen LogP contribution in [-0.4, -0.2) is 36.5 Å². The third kappa shape index (κ3) is 8.58. The van der Waals surface area contributed by atoms with Gasteiger partial charge in [0.15, 0.2) is 0 Å². The Labute approximate surface area is 107 Å². The summed E-state index contributed by atoms with van der Waals surface area (Å²) in [6.07, 6.45) is 6.54. The van der Waals surface area contributed by atoms with Crippen molar-refractivity contribution < 1.29 is 9.84 Å². The predicted molar refractivity (Wildman–Crippen MR) is 73.3 cm³/mol. The molecule has 0 aromatic heterocycles. The molecule has 0 spiro atoms. The minimum Gasteiger partial charge on any atom is -0.394 e. The number of unbranched alkanes of at least 4 members (excludes halogenated alkanes) is 3. The third-order valence-corrected chi connectivity index (χ3v) is 3.10. The lowest BCUT2D eigenvalue weighted by atomic mass is 10.1. The van der Waals surface area contributed by atoms with Crippen LogP contribution >= 0.6 is 0 Å². The molecule has 3 nitrogen and oxygen atoms in total. The Morgan fingerprint density at radius 3 is 2.47 bits per heavy atom. The summed E-state index contributed by atoms with van der Waals surface area (Å²) in [7, 11) is 0. The molecule has 0 radical (unpaired) electrons. The van der Waals surface area contributed by atoms with Crippen molar-refractivity contribution in [3.05, 3.63) is 0 Å². The molecule has 0 rings (SSSR count). The zero-order valence-electron chi connectivity index (χ0n) is 12.1. The van der Waals surface area contributed by atoms with E-state index >= 15 is 0 Å². The molecule has 0 aliphatic heterocycles. The van der Waals surface area contributed by atoms with Crippen molar-refractivity contribution in [2.45, 2.75) is 71.4 Å². The van der Waals surface area contributed by atoms with Gasteiger partial charge >= 0.3 is 0 Å². The normalized spacial score (nSPS) is 16.8. The van der Waals surface area contributed by atoms with Crippen LogP contribution in [0.25, 0.3) is 0 Å². The van der Waals surface area contributed by atoms with Crippen molar-refractivity contribution in [1.29, 1.82) is 0 Å². The number of hydrogen-bond acceptors (Lipinski definition) is 3. The molecule has 0 aromatic rings. The van der Waals surface area contributed by atoms with Crippen LogP contribution in [0.3, 0.4) is 0 Å². The predicted octanol–water partition coefficient (Wildman–Crippen LogP) is 2.72. The third-order valence-electron chi connectivity index (χ3n) is 3.10. The molecular formula is C14H31NO2. The molecule has 0 aliphatic rings. The minimum absolute atomic E-state index is 0.114. The molecule has 0 fully saturated rings. The highest BCUT2D eigenvalue weighted by Crippen LogP contribution is 2.11. The van der Waals surface area contributed by atoms with Crippen molar-refractivity contribution in [2.75, 3.05) is 19.8 Å². The summed E-state index contributed by atoms with van der Waals surface area (Å²) in [5.74, 6) is 0. The van der Waals surface area contributed by atoms with Gasteiger partial charge in [0.25, 0.3) is 0 Å². The van der Waals surface area contributed by atoms with E-state index < -0.39 is 0 Å². The molecule has 0 aliphatic carbocycles. The van der Waals surface area contributed by atoms with E-state index in [1.165, 1.54) is 25.7 Å². The first-order chi connectivity index (χ1) is 8.08. The summed E-state index contributed by atoms with van der Waals surface area (Å²) in [6.45, 7) is 9.93. The molecule has 0 saturated carbocycles. The van der Waals surface area contributed by atoms with Crippen LogP contribution in [0, 0.1) is 0 Å². The first-order valence-electron chi connectivity index (χ1n) is 7.05. The Bertz CT molecular complexity index is 176. The quantitative estimate of drug-likeness (QED) is 0.550. The Kier molecular flexibility index (Phi) is 9.79. The summed E-state index contributed by atoms with van der Waals surface area (Å²) in [5, 5.41) is 12.6. The van der Waals surface area contributed by atoms with Crippen LogP contribution in [0.15, 0.2) is 0 Å². The maximum absolute atomic E-state index is 9.33. The molecule has 17 heavy (non-hydrogen) atoms. The summed E-state index contributed by atoms with van der Waals surface area (Å²) >= 11 is 0. The Balaban J connectivity index is 3.69. The molecule has 0 bridgehead atoms. The van der Waals surface area contributed by atoms with Crippen LogP contribution < -0.4 is 5.32 Å². The minimum atomic E-state index is -0.299. The summed E-state index contributed by atoms with van der Waals surface area (Å²) in [4.78, 5) is 0. The first-order valence-corrected chi connectivity index (χ1v) is 7.05. The van der Waals surface area contributed by atoms with Gasteiger partial charge in [-0.05, 0) is 26.8 Å². The Morgan fingerprint density at radius 1 is 1.24 bits per heavy atom. The molecule has 0 heterocycles. The van der Waals surface area contributed by atoms with Crippen LogP contribution in [-0.2, 0) is 4.74 Å². The average molecular weight is 245 g/mol. The lowest BCUT2D eigenvalue weighted by molar-refractivity contribution is 0.000681. The van der Waals surface area contributed by atoms with E-state index in [0.717, 1.165) is 13.0 Å². The Hall–Kier alpha value is -0.120. The van der Waals surface area contributed by atoms with E-state index in [9.17, 15) is 5.11 Å². The fraction of sp³-hybridized carbons (Fsp3) is 1.00. The summed E-state index contributed by atoms with van der Waals surface area (Å²) in [5.41, 5.74) is -0.299. The fourth-order valence-electron chi connectivity index (χ4n) is 1.85. The number of aliphatic hydroxyl groups excluding tert-OH is 1. The second-order valence-electron chi connectivity index (χ2n) is 5.22. The number of aliphatic hydroxyl groups is 1. The fourth-order valence-corrected chi connectivity index (χ4v) is 1.85. The maximum Gasteiger partial charge on any atom is 0.0671 e. The van der Waals surface area contributed by atoms with Gasteiger partial charge in [-0.15, -0.1) is 0 Å². The van der Waals surface area contributed by atoms with Gasteiger partial charge in [-0.3, -0.25) is 0 Å². The standard InChI is InChI=1S/C14H31NO2/c1-5-7-8-9-10-13(3)17-12-14(4,11-16)15-6-2/h13,15-16H,5-12H2,1-4H3. The van der Waals surface area contributed by atoms with Crippen LogP contribution in [0.4, 0.5) is 0 Å². The van der Waals surface area contributed by atoms with Gasteiger partial charge in [0.2, 0.25) is 0 Å². The summed E-state index contributed by atoms with van der Waals surface area (Å²) < 4.78 is 5.81. The second kappa shape index (κ2) is 9.86. The van der Waals surface area contributed by atoms with Crippen molar-refractivity contribution >= 4 is 0 Å². The summed E-state index contributed by atoms with van der Waals surface area (Å²) in [6, 6.07) is 0. The van der Waals surface area contributed by atoms with Gasteiger partial charge in [-0.2, -0.15) is 0 Å². The van der Waals surface area contributed by atoms with Crippen molar-refractivity contribution in [1.82, 2.24) is 5.32 Å². The zero-order valence-corrected chi connectivity index (χ0v) is 12.1. The van der Waals surface area contributed by atoms with E-state index in [1.807, 2.05) is 13.8 Å². The van der Waals surface area contributed by atoms with Gasteiger partial charge in [0.05, 0.1) is 24.9 Å². The number of nitrogens with one attached hydrogen (secondary N) is 1. The highest BCUT2D eigenvalue weighted by molar-refractivity contribution is 4.81. The van der Waals surface area contributed by atoms with Crippen molar-refractivity contribution in [3.63, 3.8) is 0 Å². The van der Waals surface area contributed by atoms with E-state index in [1.54, 1.807) is 0 Å². The van der Waals surface area contributed by atoms with E-state index in [4.69, 9.17) is 4.74 Å². The molecule has 0 aromatic carbocycles. The van der Waals surface area contributed by atoms with Crippen LogP contribution in [0.2, 0.25) is 0 Å². The van der Waals surface area contributed by atoms with Gasteiger partial charge in [0.1, 0.15) is 0 Å².